The number of carbonyl (C=O) groups is 3. The highest BCUT2D eigenvalue weighted by molar-refractivity contribution is 6.25. The molecule has 0 saturated carbocycles. The van der Waals surface area contributed by atoms with Crippen molar-refractivity contribution in [2.24, 2.45) is 0 Å². The molecule has 27 heavy (non-hydrogen) atoms. The molecule has 7 nitrogen and oxygen atoms in total. The topological polar surface area (TPSA) is 84.9 Å². The van der Waals surface area contributed by atoms with Gasteiger partial charge in [0.25, 0.3) is 11.8 Å². The molecule has 1 aliphatic rings. The summed E-state index contributed by atoms with van der Waals surface area (Å²) in [5.74, 6) is -1.21. The lowest BCUT2D eigenvalue weighted by Crippen LogP contribution is -2.42. The Morgan fingerprint density at radius 2 is 1.70 bits per heavy atom. The van der Waals surface area contributed by atoms with Gasteiger partial charge in [-0.1, -0.05) is 31.2 Å². The number of benzene rings is 2. The van der Waals surface area contributed by atoms with Gasteiger partial charge in [-0.05, 0) is 30.9 Å². The maximum absolute atomic E-state index is 12.7. The van der Waals surface area contributed by atoms with E-state index in [1.807, 2.05) is 26.0 Å². The molecule has 1 unspecified atom stereocenters. The summed E-state index contributed by atoms with van der Waals surface area (Å²) in [7, 11) is 0. The molecule has 142 valence electrons. The van der Waals surface area contributed by atoms with Gasteiger partial charge in [0.1, 0.15) is 0 Å². The summed E-state index contributed by atoms with van der Waals surface area (Å²) in [4.78, 5) is 43.8. The van der Waals surface area contributed by atoms with E-state index in [-0.39, 0.29) is 13.0 Å². The summed E-state index contributed by atoms with van der Waals surface area (Å²) in [6, 6.07) is 10.7. The van der Waals surface area contributed by atoms with Crippen LogP contribution in [-0.4, -0.2) is 42.1 Å². The van der Waals surface area contributed by atoms with Crippen molar-refractivity contribution in [2.45, 2.75) is 33.0 Å². The van der Waals surface area contributed by atoms with E-state index in [1.165, 1.54) is 0 Å². The first-order valence-corrected chi connectivity index (χ1v) is 9.00. The van der Waals surface area contributed by atoms with E-state index in [0.717, 1.165) is 10.3 Å². The number of ether oxygens (including phenoxy) is 1. The van der Waals surface area contributed by atoms with Crippen LogP contribution in [0, 0.1) is 0 Å². The van der Waals surface area contributed by atoms with Crippen molar-refractivity contribution in [3.05, 3.63) is 47.5 Å². The first-order chi connectivity index (χ1) is 13.1. The number of hydroxylamine groups is 1. The first-order valence-electron chi connectivity index (χ1n) is 9.00. The molecule has 1 heterocycles. The van der Waals surface area contributed by atoms with Crippen LogP contribution in [0.1, 0.15) is 47.4 Å². The van der Waals surface area contributed by atoms with Crippen LogP contribution in [0.4, 0.5) is 0 Å². The van der Waals surface area contributed by atoms with E-state index in [9.17, 15) is 14.4 Å². The summed E-state index contributed by atoms with van der Waals surface area (Å²) in [6.45, 7) is 4.15. The van der Waals surface area contributed by atoms with Crippen LogP contribution >= 0.6 is 0 Å². The lowest BCUT2D eigenvalue weighted by molar-refractivity contribution is -0.186. The zero-order valence-corrected chi connectivity index (χ0v) is 15.4. The van der Waals surface area contributed by atoms with Crippen molar-refractivity contribution < 1.29 is 24.0 Å². The Morgan fingerprint density at radius 3 is 2.26 bits per heavy atom. The molecule has 3 amide bonds. The highest BCUT2D eigenvalue weighted by Crippen LogP contribution is 2.29. The van der Waals surface area contributed by atoms with Gasteiger partial charge in [0.2, 0.25) is 5.91 Å². The SMILES string of the molecule is CCOC(CC)ONC(=O)CCN1C(=O)c2cccc3cccc(c23)C1=O. The van der Waals surface area contributed by atoms with E-state index < -0.39 is 24.0 Å². The Balaban J connectivity index is 1.67. The molecule has 0 bridgehead atoms. The molecule has 0 spiro atoms. The fourth-order valence-corrected chi connectivity index (χ4v) is 3.10. The quantitative estimate of drug-likeness (QED) is 0.439. The molecule has 2 aromatic carbocycles. The number of hydrogen-bond acceptors (Lipinski definition) is 5. The first kappa shape index (κ1) is 19.0. The fourth-order valence-electron chi connectivity index (χ4n) is 3.10. The number of rotatable bonds is 8. The van der Waals surface area contributed by atoms with E-state index >= 15 is 0 Å². The van der Waals surface area contributed by atoms with Gasteiger partial charge in [-0.2, -0.15) is 0 Å². The highest BCUT2D eigenvalue weighted by atomic mass is 16.8. The molecular formula is C20H22N2O5. The maximum Gasteiger partial charge on any atom is 0.261 e. The average molecular weight is 370 g/mol. The maximum atomic E-state index is 12.7. The minimum absolute atomic E-state index is 0.0248. The van der Waals surface area contributed by atoms with Crippen molar-refractivity contribution in [3.63, 3.8) is 0 Å². The van der Waals surface area contributed by atoms with Gasteiger partial charge in [-0.25, -0.2) is 10.3 Å². The molecule has 3 rings (SSSR count). The summed E-state index contributed by atoms with van der Waals surface area (Å²) in [5.41, 5.74) is 3.26. The van der Waals surface area contributed by atoms with E-state index in [0.29, 0.717) is 29.5 Å². The van der Waals surface area contributed by atoms with Crippen molar-refractivity contribution in [2.75, 3.05) is 13.2 Å². The molecule has 0 radical (unpaired) electrons. The number of imide groups is 1. The van der Waals surface area contributed by atoms with E-state index in [1.54, 1.807) is 24.3 Å². The Bertz CT molecular complexity index is 829. The Kier molecular flexibility index (Phi) is 5.83. The van der Waals surface area contributed by atoms with Crippen LogP contribution in [0.3, 0.4) is 0 Å². The van der Waals surface area contributed by atoms with Gasteiger partial charge < -0.3 is 4.74 Å². The summed E-state index contributed by atoms with van der Waals surface area (Å²) in [6.07, 6.45) is -0.00222. The predicted molar refractivity (Wildman–Crippen MR) is 98.9 cm³/mol. The second-order valence-electron chi connectivity index (χ2n) is 6.16. The van der Waals surface area contributed by atoms with Gasteiger partial charge >= 0.3 is 0 Å². The van der Waals surface area contributed by atoms with Crippen LogP contribution in [0.2, 0.25) is 0 Å². The summed E-state index contributed by atoms with van der Waals surface area (Å²) in [5, 5.41) is 1.51. The molecule has 1 aliphatic heterocycles. The summed E-state index contributed by atoms with van der Waals surface area (Å²) < 4.78 is 5.29. The number of amides is 3. The van der Waals surface area contributed by atoms with E-state index in [4.69, 9.17) is 9.57 Å². The lowest BCUT2D eigenvalue weighted by Gasteiger charge is -2.27. The predicted octanol–water partition coefficient (Wildman–Crippen LogP) is 2.65. The minimum Gasteiger partial charge on any atom is -0.351 e. The largest absolute Gasteiger partial charge is 0.351 e. The lowest BCUT2D eigenvalue weighted by atomic mass is 9.94. The fraction of sp³-hybridized carbons (Fsp3) is 0.350. The monoisotopic (exact) mass is 370 g/mol. The summed E-state index contributed by atoms with van der Waals surface area (Å²) >= 11 is 0. The molecule has 0 saturated heterocycles. The third-order valence-electron chi connectivity index (χ3n) is 4.41. The number of hydrogen-bond donors (Lipinski definition) is 1. The van der Waals surface area contributed by atoms with Crippen molar-refractivity contribution in [1.29, 1.82) is 0 Å². The molecule has 0 aromatic heterocycles. The Hall–Kier alpha value is -2.77. The number of carbonyl (C=O) groups excluding carboxylic acids is 3. The van der Waals surface area contributed by atoms with Crippen LogP contribution < -0.4 is 5.48 Å². The third-order valence-corrected chi connectivity index (χ3v) is 4.41. The Labute approximate surface area is 157 Å². The highest BCUT2D eigenvalue weighted by Gasteiger charge is 2.32. The molecule has 0 fully saturated rings. The van der Waals surface area contributed by atoms with Gasteiger partial charge in [-0.15, -0.1) is 0 Å². The van der Waals surface area contributed by atoms with Gasteiger partial charge in [0.05, 0.1) is 0 Å². The second kappa shape index (κ2) is 8.28. The van der Waals surface area contributed by atoms with Gasteiger partial charge in [-0.3, -0.25) is 19.3 Å². The normalized spacial score (nSPS) is 14.5. The molecular weight excluding hydrogens is 348 g/mol. The van der Waals surface area contributed by atoms with Crippen LogP contribution in [0.25, 0.3) is 10.8 Å². The second-order valence-corrected chi connectivity index (χ2v) is 6.16. The van der Waals surface area contributed by atoms with Crippen molar-refractivity contribution >= 4 is 28.5 Å². The minimum atomic E-state index is -0.526. The molecule has 1 atom stereocenters. The Morgan fingerprint density at radius 1 is 1.07 bits per heavy atom. The zero-order chi connectivity index (χ0) is 19.4. The third kappa shape index (κ3) is 3.84. The number of nitrogens with one attached hydrogen (secondary N) is 1. The smallest absolute Gasteiger partial charge is 0.261 e. The average Bonchev–Trinajstić information content (AvgIpc) is 2.69. The van der Waals surface area contributed by atoms with Crippen LogP contribution in [0.15, 0.2) is 36.4 Å². The van der Waals surface area contributed by atoms with Crippen molar-refractivity contribution in [3.8, 4) is 0 Å². The number of nitrogens with zero attached hydrogens (tertiary/aromatic N) is 1. The molecule has 2 aromatic rings. The molecule has 7 heteroatoms. The van der Waals surface area contributed by atoms with Gasteiger partial charge in [0, 0.05) is 36.1 Å². The van der Waals surface area contributed by atoms with Crippen molar-refractivity contribution in [1.82, 2.24) is 10.4 Å². The molecule has 0 aliphatic carbocycles. The van der Waals surface area contributed by atoms with E-state index in [2.05, 4.69) is 5.48 Å². The zero-order valence-electron chi connectivity index (χ0n) is 15.4. The van der Waals surface area contributed by atoms with Crippen LogP contribution in [0.5, 0.6) is 0 Å². The molecule has 1 N–H and O–H groups in total. The van der Waals surface area contributed by atoms with Gasteiger partial charge in [0.15, 0.2) is 6.29 Å². The van der Waals surface area contributed by atoms with Crippen LogP contribution in [-0.2, 0) is 14.4 Å². The standard InChI is InChI=1S/C20H22N2O5/c1-3-17(26-4-2)27-21-16(23)11-12-22-19(24)14-9-5-7-13-8-6-10-15(18(13)14)20(22)25/h5-10,17H,3-4,11-12H2,1-2H3,(H,21,23).